The van der Waals surface area contributed by atoms with Crippen molar-refractivity contribution >= 4 is 17.4 Å². The summed E-state index contributed by atoms with van der Waals surface area (Å²) in [4.78, 5) is 10.2. The Morgan fingerprint density at radius 2 is 2.43 bits per heavy atom. The summed E-state index contributed by atoms with van der Waals surface area (Å²) in [6, 6.07) is 1.78. The van der Waals surface area contributed by atoms with Crippen LogP contribution in [0.4, 0.5) is 5.82 Å². The molecule has 1 aliphatic heterocycles. The van der Waals surface area contributed by atoms with Crippen molar-refractivity contribution in [2.24, 2.45) is 0 Å². The van der Waals surface area contributed by atoms with Crippen LogP contribution < -0.4 is 4.90 Å². The van der Waals surface area contributed by atoms with Gasteiger partial charge in [-0.1, -0.05) is 11.6 Å². The van der Waals surface area contributed by atoms with Crippen molar-refractivity contribution < 1.29 is 4.74 Å². The number of nitrogens with zero attached hydrogens (tertiary/aromatic N) is 3. The van der Waals surface area contributed by atoms with Crippen LogP contribution in [0, 0.1) is 0 Å². The third-order valence-electron chi connectivity index (χ3n) is 2.42. The summed E-state index contributed by atoms with van der Waals surface area (Å²) in [7, 11) is 1.74. The van der Waals surface area contributed by atoms with Gasteiger partial charge in [0.2, 0.25) is 0 Å². The summed E-state index contributed by atoms with van der Waals surface area (Å²) in [5.41, 5.74) is 0. The number of rotatable bonds is 2. The third kappa shape index (κ3) is 1.96. The van der Waals surface area contributed by atoms with Crippen LogP contribution in [0.25, 0.3) is 0 Å². The van der Waals surface area contributed by atoms with E-state index >= 15 is 0 Å². The predicted octanol–water partition coefficient (Wildman–Crippen LogP) is 1.36. The molecule has 4 nitrogen and oxygen atoms in total. The van der Waals surface area contributed by atoms with Gasteiger partial charge >= 0.3 is 0 Å². The average molecular weight is 214 g/mol. The van der Waals surface area contributed by atoms with Crippen LogP contribution in [-0.4, -0.2) is 36.3 Å². The predicted molar refractivity (Wildman–Crippen MR) is 54.7 cm³/mol. The molecule has 0 spiro atoms. The van der Waals surface area contributed by atoms with Gasteiger partial charge in [-0.2, -0.15) is 0 Å². The molecule has 0 unspecified atom stereocenters. The lowest BCUT2D eigenvalue weighted by molar-refractivity contribution is 0.121. The highest BCUT2D eigenvalue weighted by atomic mass is 35.5. The van der Waals surface area contributed by atoms with Gasteiger partial charge in [0.05, 0.1) is 6.10 Å². The number of methoxy groups -OCH3 is 1. The van der Waals surface area contributed by atoms with E-state index in [1.54, 1.807) is 13.2 Å². The highest BCUT2D eigenvalue weighted by Crippen LogP contribution is 2.20. The summed E-state index contributed by atoms with van der Waals surface area (Å²) >= 11 is 5.78. The standard InChI is InChI=1S/C9H12ClN3O/c1-14-7-2-3-13(5-7)9-4-8(10)11-6-12-9/h4,6-7H,2-3,5H2,1H3/t7-/m0/s1. The summed E-state index contributed by atoms with van der Waals surface area (Å²) in [6.07, 6.45) is 2.83. The van der Waals surface area contributed by atoms with E-state index in [0.29, 0.717) is 11.3 Å². The van der Waals surface area contributed by atoms with Crippen molar-refractivity contribution in [1.29, 1.82) is 0 Å². The minimum absolute atomic E-state index is 0.309. The Labute approximate surface area is 87.9 Å². The third-order valence-corrected chi connectivity index (χ3v) is 2.63. The Hall–Kier alpha value is -0.870. The van der Waals surface area contributed by atoms with Gasteiger partial charge in [-0.3, -0.25) is 0 Å². The van der Waals surface area contributed by atoms with Crippen molar-refractivity contribution in [3.63, 3.8) is 0 Å². The first-order valence-electron chi connectivity index (χ1n) is 4.55. The smallest absolute Gasteiger partial charge is 0.134 e. The Morgan fingerprint density at radius 1 is 1.57 bits per heavy atom. The molecule has 5 heteroatoms. The molecule has 76 valence electrons. The van der Waals surface area contributed by atoms with E-state index in [-0.39, 0.29) is 0 Å². The first-order chi connectivity index (χ1) is 6.79. The Kier molecular flexibility index (Phi) is 2.84. The molecule has 2 heterocycles. The molecular weight excluding hydrogens is 202 g/mol. The van der Waals surface area contributed by atoms with Gasteiger partial charge in [-0.25, -0.2) is 9.97 Å². The van der Waals surface area contributed by atoms with E-state index in [9.17, 15) is 0 Å². The fourth-order valence-electron chi connectivity index (χ4n) is 1.63. The number of aromatic nitrogens is 2. The lowest BCUT2D eigenvalue weighted by atomic mass is 10.3. The lowest BCUT2D eigenvalue weighted by Crippen LogP contribution is -2.23. The van der Waals surface area contributed by atoms with Crippen LogP contribution in [0.5, 0.6) is 0 Å². The summed E-state index contributed by atoms with van der Waals surface area (Å²) < 4.78 is 5.28. The number of hydrogen-bond acceptors (Lipinski definition) is 4. The molecule has 1 atom stereocenters. The fraction of sp³-hybridized carbons (Fsp3) is 0.556. The van der Waals surface area contributed by atoms with Gasteiger partial charge in [-0.05, 0) is 6.42 Å². The maximum Gasteiger partial charge on any atom is 0.134 e. The minimum atomic E-state index is 0.309. The number of anilines is 1. The number of hydrogen-bond donors (Lipinski definition) is 0. The topological polar surface area (TPSA) is 38.2 Å². The quantitative estimate of drug-likeness (QED) is 0.696. The van der Waals surface area contributed by atoms with Gasteiger partial charge in [0.15, 0.2) is 0 Å². The maximum absolute atomic E-state index is 5.78. The summed E-state index contributed by atoms with van der Waals surface area (Å²) in [6.45, 7) is 1.84. The van der Waals surface area contributed by atoms with Crippen LogP contribution in [0.1, 0.15) is 6.42 Å². The largest absolute Gasteiger partial charge is 0.380 e. The molecule has 1 aliphatic rings. The molecule has 2 rings (SSSR count). The summed E-state index contributed by atoms with van der Waals surface area (Å²) in [5, 5.41) is 0.482. The number of halogens is 1. The van der Waals surface area contributed by atoms with E-state index in [1.165, 1.54) is 6.33 Å². The van der Waals surface area contributed by atoms with Gasteiger partial charge < -0.3 is 9.64 Å². The molecule has 14 heavy (non-hydrogen) atoms. The van der Waals surface area contributed by atoms with E-state index in [2.05, 4.69) is 14.9 Å². The fourth-order valence-corrected chi connectivity index (χ4v) is 1.77. The van der Waals surface area contributed by atoms with Gasteiger partial charge in [0.1, 0.15) is 17.3 Å². The molecule has 0 N–H and O–H groups in total. The van der Waals surface area contributed by atoms with Crippen molar-refractivity contribution in [2.45, 2.75) is 12.5 Å². The van der Waals surface area contributed by atoms with Crippen molar-refractivity contribution in [1.82, 2.24) is 9.97 Å². The molecule has 0 amide bonds. The molecule has 0 bridgehead atoms. The zero-order valence-electron chi connectivity index (χ0n) is 7.98. The first kappa shape index (κ1) is 9.68. The van der Waals surface area contributed by atoms with Gasteiger partial charge in [0.25, 0.3) is 0 Å². The van der Waals surface area contributed by atoms with Crippen LogP contribution in [0.2, 0.25) is 5.15 Å². The average Bonchev–Trinajstić information content (AvgIpc) is 2.66. The first-order valence-corrected chi connectivity index (χ1v) is 4.92. The van der Waals surface area contributed by atoms with Crippen LogP contribution >= 0.6 is 11.6 Å². The van der Waals surface area contributed by atoms with E-state index < -0.39 is 0 Å². The molecule has 0 aromatic carbocycles. The normalized spacial score (nSPS) is 21.6. The van der Waals surface area contributed by atoms with E-state index in [0.717, 1.165) is 25.3 Å². The molecule has 0 radical (unpaired) electrons. The zero-order chi connectivity index (χ0) is 9.97. The molecule has 1 fully saturated rings. The lowest BCUT2D eigenvalue weighted by Gasteiger charge is -2.16. The SMILES string of the molecule is CO[C@H]1CCN(c2cc(Cl)ncn2)C1. The molecule has 0 aliphatic carbocycles. The van der Waals surface area contributed by atoms with Crippen LogP contribution in [0.3, 0.4) is 0 Å². The molecule has 1 saturated heterocycles. The van der Waals surface area contributed by atoms with Crippen molar-refractivity contribution in [3.8, 4) is 0 Å². The second kappa shape index (κ2) is 4.11. The Balaban J connectivity index is 2.09. The van der Waals surface area contributed by atoms with Gasteiger partial charge in [-0.15, -0.1) is 0 Å². The monoisotopic (exact) mass is 213 g/mol. The molecular formula is C9H12ClN3O. The summed E-state index contributed by atoms with van der Waals surface area (Å²) in [5.74, 6) is 0.879. The van der Waals surface area contributed by atoms with Crippen LogP contribution in [0.15, 0.2) is 12.4 Å². The zero-order valence-corrected chi connectivity index (χ0v) is 8.74. The molecule has 1 aromatic rings. The highest BCUT2D eigenvalue weighted by Gasteiger charge is 2.22. The minimum Gasteiger partial charge on any atom is -0.380 e. The van der Waals surface area contributed by atoms with E-state index in [1.807, 2.05) is 0 Å². The highest BCUT2D eigenvalue weighted by molar-refractivity contribution is 6.29. The molecule has 0 saturated carbocycles. The second-order valence-corrected chi connectivity index (χ2v) is 3.68. The maximum atomic E-state index is 5.78. The van der Waals surface area contributed by atoms with Crippen LogP contribution in [-0.2, 0) is 4.74 Å². The van der Waals surface area contributed by atoms with Crippen molar-refractivity contribution in [2.75, 3.05) is 25.1 Å². The van der Waals surface area contributed by atoms with Crippen molar-refractivity contribution in [3.05, 3.63) is 17.5 Å². The number of ether oxygens (including phenoxy) is 1. The van der Waals surface area contributed by atoms with E-state index in [4.69, 9.17) is 16.3 Å². The second-order valence-electron chi connectivity index (χ2n) is 3.29. The molecule has 1 aromatic heterocycles. The Bertz CT molecular complexity index is 321. The van der Waals surface area contributed by atoms with Gasteiger partial charge in [0, 0.05) is 26.3 Å². The Morgan fingerprint density at radius 3 is 3.07 bits per heavy atom.